The first-order chi connectivity index (χ1) is 19.0. The number of ether oxygens (including phenoxy) is 1. The highest BCUT2D eigenvalue weighted by molar-refractivity contribution is 8.26. The van der Waals surface area contributed by atoms with Crippen LogP contribution in [0.25, 0.3) is 0 Å². The van der Waals surface area contributed by atoms with Crippen LogP contribution in [0.3, 0.4) is 0 Å². The molecule has 1 aromatic heterocycles. The van der Waals surface area contributed by atoms with Crippen molar-refractivity contribution in [2.24, 2.45) is 17.8 Å². The average Bonchev–Trinajstić information content (AvgIpc) is 3.52. The molecule has 3 N–H and O–H groups in total. The Kier molecular flexibility index (Phi) is 6.97. The van der Waals surface area contributed by atoms with Crippen LogP contribution in [0.5, 0.6) is 5.75 Å². The first kappa shape index (κ1) is 27.8. The zero-order valence-electron chi connectivity index (χ0n) is 22.2. The molecule has 1 aliphatic heterocycles. The molecule has 4 atom stereocenters. The highest BCUT2D eigenvalue weighted by Crippen LogP contribution is 2.65. The summed E-state index contributed by atoms with van der Waals surface area (Å²) in [6.45, 7) is 4.06. The lowest BCUT2D eigenvalue weighted by molar-refractivity contribution is -0.146. The van der Waals surface area contributed by atoms with Gasteiger partial charge in [-0.25, -0.2) is 8.78 Å². The molecular weight excluding hydrogens is 544 g/mol. The number of aromatic hydroxyl groups is 1. The minimum atomic E-state index is -0.946. The third-order valence-corrected chi connectivity index (χ3v) is 9.04. The van der Waals surface area contributed by atoms with Gasteiger partial charge in [0.15, 0.2) is 11.4 Å². The van der Waals surface area contributed by atoms with Crippen molar-refractivity contribution < 1.29 is 28.2 Å². The first-order valence-corrected chi connectivity index (χ1v) is 13.8. The number of carbonyl (C=O) groups is 2. The Balaban J connectivity index is 1.48. The molecular formula is C27H29F2N5O5S. The summed E-state index contributed by atoms with van der Waals surface area (Å²) in [5.41, 5.74) is -2.29. The van der Waals surface area contributed by atoms with Crippen LogP contribution in [0.4, 0.5) is 8.78 Å². The number of aromatic nitrogens is 1. The molecule has 1 spiro atoms. The summed E-state index contributed by atoms with van der Waals surface area (Å²) in [7, 11) is 1.71. The molecule has 2 saturated carbocycles. The van der Waals surface area contributed by atoms with E-state index in [9.17, 15) is 28.3 Å². The third kappa shape index (κ3) is 4.09. The maximum Gasteiger partial charge on any atom is 0.309 e. The molecule has 1 aromatic carbocycles. The quantitative estimate of drug-likeness (QED) is 0.274. The lowest BCUT2D eigenvalue weighted by Crippen LogP contribution is -2.70. The Morgan fingerprint density at radius 1 is 1.25 bits per heavy atom. The number of benzene rings is 1. The summed E-state index contributed by atoms with van der Waals surface area (Å²) < 4.78 is 33.9. The Hall–Kier alpha value is -3.74. The topological polar surface area (TPSA) is 140 Å². The van der Waals surface area contributed by atoms with Gasteiger partial charge in [-0.15, -0.1) is 0 Å². The zero-order valence-corrected chi connectivity index (χ0v) is 23.0. The number of halogens is 2. The second-order valence-corrected chi connectivity index (χ2v) is 11.2. The van der Waals surface area contributed by atoms with Gasteiger partial charge in [0.25, 0.3) is 5.91 Å². The molecule has 2 aliphatic carbocycles. The van der Waals surface area contributed by atoms with Crippen molar-refractivity contribution in [1.82, 2.24) is 9.58 Å². The van der Waals surface area contributed by atoms with Gasteiger partial charge in [0.05, 0.1) is 23.1 Å². The van der Waals surface area contributed by atoms with E-state index in [0.29, 0.717) is 30.7 Å². The monoisotopic (exact) mass is 573 g/mol. The van der Waals surface area contributed by atoms with Gasteiger partial charge in [0, 0.05) is 38.2 Å². The number of thioether (sulfide) groups is 1. The van der Waals surface area contributed by atoms with E-state index in [2.05, 4.69) is 0 Å². The highest BCUT2D eigenvalue weighted by Gasteiger charge is 2.73. The summed E-state index contributed by atoms with van der Waals surface area (Å²) in [5, 5.41) is 28.8. The molecule has 2 unspecified atom stereocenters. The Labute approximate surface area is 232 Å². The van der Waals surface area contributed by atoms with Gasteiger partial charge in [-0.1, -0.05) is 17.8 Å². The van der Waals surface area contributed by atoms with E-state index in [4.69, 9.17) is 15.6 Å². The molecule has 2 heterocycles. The zero-order chi connectivity index (χ0) is 29.1. The van der Waals surface area contributed by atoms with Crippen LogP contribution in [-0.4, -0.2) is 62.5 Å². The molecule has 3 aliphatic rings. The Morgan fingerprint density at radius 3 is 2.62 bits per heavy atom. The number of esters is 1. The number of amides is 1. The van der Waals surface area contributed by atoms with E-state index in [1.54, 1.807) is 30.8 Å². The maximum atomic E-state index is 14.1. The van der Waals surface area contributed by atoms with Gasteiger partial charge in [-0.05, 0) is 44.2 Å². The van der Waals surface area contributed by atoms with E-state index in [1.807, 2.05) is 0 Å². The molecule has 212 valence electrons. The summed E-state index contributed by atoms with van der Waals surface area (Å²) in [6, 6.07) is 2.98. The van der Waals surface area contributed by atoms with Crippen molar-refractivity contribution in [2.45, 2.75) is 38.8 Å². The first-order valence-electron chi connectivity index (χ1n) is 13.0. The second-order valence-electron chi connectivity index (χ2n) is 10.1. The number of pyridine rings is 1. The largest absolute Gasteiger partial charge is 0.502 e. The fraction of sp³-hybridized carbons (Fsp3) is 0.444. The molecule has 10 nitrogen and oxygen atoms in total. The molecule has 13 heteroatoms. The van der Waals surface area contributed by atoms with E-state index in [1.165, 1.54) is 16.9 Å². The van der Waals surface area contributed by atoms with Crippen molar-refractivity contribution in [2.75, 3.05) is 25.2 Å². The fourth-order valence-corrected chi connectivity index (χ4v) is 7.21. The van der Waals surface area contributed by atoms with Crippen molar-refractivity contribution in [1.29, 1.82) is 10.8 Å². The average molecular weight is 574 g/mol. The van der Waals surface area contributed by atoms with Crippen molar-refractivity contribution in [3.8, 4) is 5.75 Å². The molecule has 0 radical (unpaired) electrons. The number of rotatable bonds is 6. The van der Waals surface area contributed by atoms with E-state index in [0.717, 1.165) is 6.07 Å². The van der Waals surface area contributed by atoms with Crippen LogP contribution < -0.4 is 10.4 Å². The summed E-state index contributed by atoms with van der Waals surface area (Å²) in [4.78, 5) is 41.1. The van der Waals surface area contributed by atoms with Crippen LogP contribution in [0.15, 0.2) is 29.2 Å². The minimum absolute atomic E-state index is 0.0403. The number of fused-ring (bicyclic) bond motifs is 3. The van der Waals surface area contributed by atoms with Gasteiger partial charge in [-0.3, -0.25) is 34.9 Å². The summed E-state index contributed by atoms with van der Waals surface area (Å²) >= 11 is 0.590. The minimum Gasteiger partial charge on any atom is -0.502 e. The molecule has 1 amide bonds. The van der Waals surface area contributed by atoms with Crippen LogP contribution in [-0.2, 0) is 16.0 Å². The van der Waals surface area contributed by atoms with Gasteiger partial charge < -0.3 is 14.7 Å². The van der Waals surface area contributed by atoms with Crippen molar-refractivity contribution >= 4 is 33.7 Å². The van der Waals surface area contributed by atoms with E-state index >= 15 is 0 Å². The number of nitrogens with zero attached hydrogens (tertiary/aromatic N) is 3. The normalized spacial score (nSPS) is 24.6. The van der Waals surface area contributed by atoms with Crippen LogP contribution >= 0.6 is 11.8 Å². The van der Waals surface area contributed by atoms with Gasteiger partial charge in [0.1, 0.15) is 22.3 Å². The second kappa shape index (κ2) is 10.0. The third-order valence-electron chi connectivity index (χ3n) is 8.22. The predicted octanol–water partition coefficient (Wildman–Crippen LogP) is 3.07. The lowest BCUT2D eigenvalue weighted by Gasteiger charge is -2.54. The molecule has 2 fully saturated rings. The SMILES string of the molecule is CCOC(=O)[C@H]1C2CCC3([C@@H]21)N(CC)C(=O)c1c(O)c(=O)c(C(=N)SC(=N)Cc2ccc(F)cc2F)cn1N3C. The molecule has 0 saturated heterocycles. The number of nitrogens with one attached hydrogen (secondary N) is 2. The van der Waals surface area contributed by atoms with Gasteiger partial charge >= 0.3 is 5.97 Å². The van der Waals surface area contributed by atoms with Crippen LogP contribution in [0, 0.1) is 40.2 Å². The van der Waals surface area contributed by atoms with Crippen molar-refractivity contribution in [3.63, 3.8) is 0 Å². The number of hydrogen-bond acceptors (Lipinski definition) is 9. The lowest BCUT2D eigenvalue weighted by atomic mass is 9.94. The van der Waals surface area contributed by atoms with E-state index < -0.39 is 34.4 Å². The van der Waals surface area contributed by atoms with Gasteiger partial charge in [-0.2, -0.15) is 0 Å². The standard InChI is InChI=1S/C27H29F2N5O5S/c1-4-33-25(37)21-23(36)22(35)16(24(31)40-18(30)10-13-6-7-14(28)11-17(13)29)12-34(21)32(3)27(33)9-8-15-19(20(15)27)26(38)39-5-2/h6-7,11-12,15,19-20,30-31,36H,4-5,8-10H2,1-3H3/t15?,19-,20-,27?/m0/s1. The fourth-order valence-electron chi connectivity index (χ4n) is 6.48. The summed E-state index contributed by atoms with van der Waals surface area (Å²) in [6.07, 6.45) is 2.32. The molecule has 5 rings (SSSR count). The van der Waals surface area contributed by atoms with E-state index in [-0.39, 0.29) is 70.2 Å². The summed E-state index contributed by atoms with van der Waals surface area (Å²) in [5.74, 6) is -3.80. The molecule has 40 heavy (non-hydrogen) atoms. The van der Waals surface area contributed by atoms with Crippen LogP contribution in [0.2, 0.25) is 0 Å². The van der Waals surface area contributed by atoms with Crippen LogP contribution in [0.1, 0.15) is 48.3 Å². The number of carbonyl (C=O) groups excluding carboxylic acids is 2. The molecule has 2 aromatic rings. The molecule has 0 bridgehead atoms. The highest BCUT2D eigenvalue weighted by atomic mass is 32.2. The number of hydrogen-bond donors (Lipinski definition) is 3. The maximum absolute atomic E-state index is 14.1. The predicted molar refractivity (Wildman–Crippen MR) is 144 cm³/mol. The Bertz CT molecular complexity index is 1510. The Morgan fingerprint density at radius 2 is 1.98 bits per heavy atom. The van der Waals surface area contributed by atoms with Gasteiger partial charge in [0.2, 0.25) is 5.43 Å². The van der Waals surface area contributed by atoms with Crippen molar-refractivity contribution in [3.05, 3.63) is 63.1 Å². The smallest absolute Gasteiger partial charge is 0.309 e.